The molecule has 5 nitrogen and oxygen atoms in total. The highest BCUT2D eigenvalue weighted by Crippen LogP contribution is 2.49. The number of nitriles is 4. The number of allylic oxidation sites excluding steroid dienone is 2. The van der Waals surface area contributed by atoms with E-state index in [-0.39, 0.29) is 11.1 Å². The van der Waals surface area contributed by atoms with Crippen molar-refractivity contribution in [3.63, 3.8) is 0 Å². The highest BCUT2D eigenvalue weighted by Gasteiger charge is 2.19. The summed E-state index contributed by atoms with van der Waals surface area (Å²) in [7, 11) is 1.67. The highest BCUT2D eigenvalue weighted by molar-refractivity contribution is 7.29. The Kier molecular flexibility index (Phi) is 8.04. The van der Waals surface area contributed by atoms with Crippen LogP contribution in [-0.4, -0.2) is 7.11 Å². The molecule has 0 aliphatic carbocycles. The summed E-state index contributed by atoms with van der Waals surface area (Å²) >= 11 is 6.47. The Morgan fingerprint density at radius 3 is 1.89 bits per heavy atom. The molecular weight excluding hydrogens is 537 g/mol. The summed E-state index contributed by atoms with van der Waals surface area (Å²) in [6, 6.07) is 18.0. The molecule has 0 bridgehead atoms. The van der Waals surface area contributed by atoms with Gasteiger partial charge in [0.1, 0.15) is 41.2 Å². The van der Waals surface area contributed by atoms with E-state index in [1.165, 1.54) is 0 Å². The fraction of sp³-hybridized carbons (Fsp3) is 0.143. The minimum atomic E-state index is 0.0880. The molecule has 4 aromatic rings. The molecule has 4 aromatic heterocycles. The van der Waals surface area contributed by atoms with Gasteiger partial charge in [-0.1, -0.05) is 6.92 Å². The molecule has 0 aliphatic rings. The quantitative estimate of drug-likeness (QED) is 0.213. The number of ether oxygens (including phenoxy) is 1. The van der Waals surface area contributed by atoms with E-state index in [9.17, 15) is 0 Å². The van der Waals surface area contributed by atoms with Gasteiger partial charge in [-0.25, -0.2) is 0 Å². The van der Waals surface area contributed by atoms with Gasteiger partial charge in [0.05, 0.1) is 12.0 Å². The van der Waals surface area contributed by atoms with Gasteiger partial charge in [-0.3, -0.25) is 0 Å². The molecule has 0 unspecified atom stereocenters. The molecule has 0 radical (unpaired) electrons. The molecule has 0 amide bonds. The van der Waals surface area contributed by atoms with E-state index in [0.29, 0.717) is 0 Å². The third kappa shape index (κ3) is 5.42. The van der Waals surface area contributed by atoms with E-state index in [1.54, 1.807) is 64.6 Å². The second-order valence-electron chi connectivity index (χ2n) is 7.75. The number of thiophene rings is 4. The maximum atomic E-state index is 9.12. The van der Waals surface area contributed by atoms with Crippen LogP contribution in [0, 0.1) is 52.2 Å². The van der Waals surface area contributed by atoms with Crippen molar-refractivity contribution >= 4 is 57.5 Å². The first-order chi connectivity index (χ1) is 17.9. The molecule has 4 heterocycles. The third-order valence-corrected chi connectivity index (χ3v) is 10.4. The van der Waals surface area contributed by atoms with E-state index < -0.39 is 0 Å². The van der Waals surface area contributed by atoms with Crippen LogP contribution < -0.4 is 4.74 Å². The Hall–Kier alpha value is -3.96. The lowest BCUT2D eigenvalue weighted by Crippen LogP contribution is -1.80. The number of aryl methyl sites for hydroxylation is 2. The van der Waals surface area contributed by atoms with Crippen LogP contribution in [0.15, 0.2) is 41.5 Å². The summed E-state index contributed by atoms with van der Waals surface area (Å²) in [5.41, 5.74) is 2.44. The summed E-state index contributed by atoms with van der Waals surface area (Å²) < 4.78 is 5.75. The SMILES string of the molecule is CCc1cc(C=C(C#N)C#N)sc1-c1cc(OC)c(-c2ccc(-c3sc(C=C(C#N)C#N)cc3C)s2)s1. The van der Waals surface area contributed by atoms with Crippen LogP contribution in [0.5, 0.6) is 5.75 Å². The first-order valence-electron chi connectivity index (χ1n) is 11.0. The monoisotopic (exact) mass is 554 g/mol. The van der Waals surface area contributed by atoms with Crippen LogP contribution in [0.3, 0.4) is 0 Å². The first-order valence-corrected chi connectivity index (χ1v) is 14.3. The fourth-order valence-corrected chi connectivity index (χ4v) is 8.54. The molecule has 180 valence electrons. The van der Waals surface area contributed by atoms with Gasteiger partial charge < -0.3 is 4.74 Å². The first kappa shape index (κ1) is 26.1. The molecule has 0 saturated heterocycles. The molecule has 37 heavy (non-hydrogen) atoms. The summed E-state index contributed by atoms with van der Waals surface area (Å²) in [6.45, 7) is 4.12. The van der Waals surface area contributed by atoms with Gasteiger partial charge in [-0.2, -0.15) is 21.0 Å². The normalized spacial score (nSPS) is 10.0. The average molecular weight is 555 g/mol. The largest absolute Gasteiger partial charge is 0.495 e. The van der Waals surface area contributed by atoms with E-state index in [4.69, 9.17) is 25.8 Å². The molecule has 4 rings (SSSR count). The van der Waals surface area contributed by atoms with Crippen molar-refractivity contribution in [3.05, 3.63) is 62.4 Å². The smallest absolute Gasteiger partial charge is 0.138 e. The summed E-state index contributed by atoms with van der Waals surface area (Å²) in [5.74, 6) is 0.801. The summed E-state index contributed by atoms with van der Waals surface area (Å²) in [5, 5.41) is 36.4. The molecule has 0 saturated carbocycles. The van der Waals surface area contributed by atoms with Crippen LogP contribution in [0.25, 0.3) is 41.4 Å². The Morgan fingerprint density at radius 2 is 1.32 bits per heavy atom. The zero-order valence-corrected chi connectivity index (χ0v) is 23.3. The maximum Gasteiger partial charge on any atom is 0.138 e. The van der Waals surface area contributed by atoms with Crippen molar-refractivity contribution < 1.29 is 4.74 Å². The Morgan fingerprint density at radius 1 is 0.757 bits per heavy atom. The van der Waals surface area contributed by atoms with Crippen molar-refractivity contribution in [2.45, 2.75) is 20.3 Å². The Bertz CT molecular complexity index is 1680. The number of nitrogens with zero attached hydrogens (tertiary/aromatic N) is 4. The molecule has 0 atom stereocenters. The van der Waals surface area contributed by atoms with Crippen molar-refractivity contribution in [3.8, 4) is 59.3 Å². The number of hydrogen-bond acceptors (Lipinski definition) is 9. The third-order valence-electron chi connectivity index (χ3n) is 5.40. The predicted octanol–water partition coefficient (Wildman–Crippen LogP) is 8.67. The number of hydrogen-bond donors (Lipinski definition) is 0. The maximum absolute atomic E-state index is 9.12. The minimum absolute atomic E-state index is 0.0880. The molecule has 0 aromatic carbocycles. The van der Waals surface area contributed by atoms with Crippen molar-refractivity contribution in [1.82, 2.24) is 0 Å². The van der Waals surface area contributed by atoms with Gasteiger partial charge in [-0.05, 0) is 60.9 Å². The van der Waals surface area contributed by atoms with E-state index in [0.717, 1.165) is 62.3 Å². The standard InChI is InChI=1S/C28H18N4OS4/c1-4-19-10-21(9-18(14-31)15-32)35-27(19)25-11-22(33-3)28(37-25)24-6-5-23(36-24)26-16(2)7-20(34-26)8-17(12-29)13-30/h5-11H,4H2,1-3H3. The molecule has 0 aliphatic heterocycles. The predicted molar refractivity (Wildman–Crippen MR) is 153 cm³/mol. The second-order valence-corrected chi connectivity index (χ2v) is 12.1. The summed E-state index contributed by atoms with van der Waals surface area (Å²) in [6.07, 6.45) is 4.09. The van der Waals surface area contributed by atoms with Crippen molar-refractivity contribution in [2.24, 2.45) is 0 Å². The lowest BCUT2D eigenvalue weighted by Gasteiger charge is -1.98. The highest BCUT2D eigenvalue weighted by atomic mass is 32.1. The van der Waals surface area contributed by atoms with Gasteiger partial charge in [-0.15, -0.1) is 45.3 Å². The topological polar surface area (TPSA) is 104 Å². The van der Waals surface area contributed by atoms with Crippen molar-refractivity contribution in [1.29, 1.82) is 21.0 Å². The fourth-order valence-electron chi connectivity index (χ4n) is 3.67. The molecule has 9 heteroatoms. The zero-order valence-electron chi connectivity index (χ0n) is 20.1. The second kappa shape index (κ2) is 11.4. The Balaban J connectivity index is 1.72. The van der Waals surface area contributed by atoms with Gasteiger partial charge in [0.15, 0.2) is 0 Å². The average Bonchev–Trinajstić information content (AvgIpc) is 3.70. The van der Waals surface area contributed by atoms with Crippen LogP contribution in [0.2, 0.25) is 0 Å². The van der Waals surface area contributed by atoms with Crippen LogP contribution in [0.4, 0.5) is 0 Å². The van der Waals surface area contributed by atoms with Crippen molar-refractivity contribution in [2.75, 3.05) is 7.11 Å². The van der Waals surface area contributed by atoms with E-state index >= 15 is 0 Å². The lowest BCUT2D eigenvalue weighted by molar-refractivity contribution is 0.418. The van der Waals surface area contributed by atoms with Gasteiger partial charge in [0, 0.05) is 40.2 Å². The van der Waals surface area contributed by atoms with Crippen LogP contribution in [-0.2, 0) is 6.42 Å². The number of rotatable bonds is 7. The lowest BCUT2D eigenvalue weighted by atomic mass is 10.1. The zero-order chi connectivity index (χ0) is 26.5. The van der Waals surface area contributed by atoms with Gasteiger partial charge >= 0.3 is 0 Å². The van der Waals surface area contributed by atoms with E-state index in [2.05, 4.69) is 25.1 Å². The van der Waals surface area contributed by atoms with Crippen LogP contribution in [0.1, 0.15) is 27.8 Å². The van der Waals surface area contributed by atoms with Gasteiger partial charge in [0.25, 0.3) is 0 Å². The molecule has 0 fully saturated rings. The van der Waals surface area contributed by atoms with Crippen LogP contribution >= 0.6 is 45.3 Å². The van der Waals surface area contributed by atoms with E-state index in [1.807, 2.05) is 43.3 Å². The number of methoxy groups -OCH3 is 1. The Labute approximate surface area is 231 Å². The molecular formula is C28H18N4OS4. The molecule has 0 spiro atoms. The summed E-state index contributed by atoms with van der Waals surface area (Å²) in [4.78, 5) is 8.32. The molecule has 0 N–H and O–H groups in total. The minimum Gasteiger partial charge on any atom is -0.495 e. The van der Waals surface area contributed by atoms with Gasteiger partial charge in [0.2, 0.25) is 0 Å².